The van der Waals surface area contributed by atoms with Gasteiger partial charge in [-0.2, -0.15) is 5.26 Å². The van der Waals surface area contributed by atoms with Gasteiger partial charge in [-0.1, -0.05) is 0 Å². The van der Waals surface area contributed by atoms with Crippen molar-refractivity contribution in [2.45, 2.75) is 12.5 Å². The van der Waals surface area contributed by atoms with Gasteiger partial charge in [0.05, 0.1) is 25.9 Å². The largest absolute Gasteiger partial charge is 0.493 e. The standard InChI is InChI=1S/C14H14N2O3/c15-8-12-9-18-6-4-16(12)14(17)11-1-2-13-10(7-11)3-5-19-13/h1-2,7,12H,3-6,9H2. The molecule has 0 saturated carbocycles. The molecule has 1 unspecified atom stereocenters. The van der Waals surface area contributed by atoms with E-state index in [1.165, 1.54) is 0 Å². The normalized spacial score (nSPS) is 21.4. The average Bonchev–Trinajstić information content (AvgIpc) is 2.93. The molecule has 1 aromatic carbocycles. The number of carbonyl (C=O) groups is 1. The Morgan fingerprint density at radius 1 is 1.42 bits per heavy atom. The molecule has 1 atom stereocenters. The maximum atomic E-state index is 12.4. The highest BCUT2D eigenvalue weighted by molar-refractivity contribution is 5.95. The average molecular weight is 258 g/mol. The number of carbonyl (C=O) groups excluding carboxylic acids is 1. The Morgan fingerprint density at radius 3 is 3.16 bits per heavy atom. The van der Waals surface area contributed by atoms with E-state index in [9.17, 15) is 4.79 Å². The summed E-state index contributed by atoms with van der Waals surface area (Å²) in [4.78, 5) is 14.0. The number of benzene rings is 1. The topological polar surface area (TPSA) is 62.6 Å². The summed E-state index contributed by atoms with van der Waals surface area (Å²) in [6.07, 6.45) is 0.835. The zero-order chi connectivity index (χ0) is 13.2. The summed E-state index contributed by atoms with van der Waals surface area (Å²) in [5.74, 6) is 0.750. The lowest BCUT2D eigenvalue weighted by Crippen LogP contribution is -2.47. The van der Waals surface area contributed by atoms with E-state index in [1.54, 1.807) is 11.0 Å². The Hall–Kier alpha value is -2.06. The third-order valence-corrected chi connectivity index (χ3v) is 3.47. The first-order valence-electron chi connectivity index (χ1n) is 6.33. The second kappa shape index (κ2) is 4.90. The molecular weight excluding hydrogens is 244 g/mol. The third kappa shape index (κ3) is 2.15. The van der Waals surface area contributed by atoms with E-state index in [0.717, 1.165) is 17.7 Å². The maximum Gasteiger partial charge on any atom is 0.255 e. The predicted molar refractivity (Wildman–Crippen MR) is 66.9 cm³/mol. The van der Waals surface area contributed by atoms with Crippen LogP contribution in [0.5, 0.6) is 5.75 Å². The molecule has 3 rings (SSSR count). The number of fused-ring (bicyclic) bond motifs is 1. The molecule has 5 heteroatoms. The van der Waals surface area contributed by atoms with Crippen LogP contribution in [0.3, 0.4) is 0 Å². The fraction of sp³-hybridized carbons (Fsp3) is 0.429. The lowest BCUT2D eigenvalue weighted by atomic mass is 10.1. The van der Waals surface area contributed by atoms with Crippen molar-refractivity contribution in [3.8, 4) is 11.8 Å². The first kappa shape index (κ1) is 12.0. The maximum absolute atomic E-state index is 12.4. The summed E-state index contributed by atoms with van der Waals surface area (Å²) >= 11 is 0. The van der Waals surface area contributed by atoms with Crippen molar-refractivity contribution in [1.29, 1.82) is 5.26 Å². The molecule has 98 valence electrons. The SMILES string of the molecule is N#CC1COCCN1C(=O)c1ccc2c(c1)CCO2. The number of hydrogen-bond acceptors (Lipinski definition) is 4. The molecule has 2 aliphatic heterocycles. The number of nitriles is 1. The molecule has 0 N–H and O–H groups in total. The monoisotopic (exact) mass is 258 g/mol. The van der Waals surface area contributed by atoms with Crippen molar-refractivity contribution in [3.05, 3.63) is 29.3 Å². The van der Waals surface area contributed by atoms with Crippen molar-refractivity contribution >= 4 is 5.91 Å². The van der Waals surface area contributed by atoms with Crippen LogP contribution in [0.1, 0.15) is 15.9 Å². The van der Waals surface area contributed by atoms with E-state index in [2.05, 4.69) is 6.07 Å². The van der Waals surface area contributed by atoms with Crippen LogP contribution in [0.15, 0.2) is 18.2 Å². The van der Waals surface area contributed by atoms with Crippen molar-refractivity contribution in [1.82, 2.24) is 4.90 Å². The smallest absolute Gasteiger partial charge is 0.255 e. The Balaban J connectivity index is 1.85. The first-order chi connectivity index (χ1) is 9.29. The van der Waals surface area contributed by atoms with Crippen molar-refractivity contribution < 1.29 is 14.3 Å². The molecule has 5 nitrogen and oxygen atoms in total. The Bertz CT molecular complexity index is 550. The minimum atomic E-state index is -0.495. The quantitative estimate of drug-likeness (QED) is 0.753. The van der Waals surface area contributed by atoms with E-state index >= 15 is 0 Å². The van der Waals surface area contributed by atoms with Gasteiger partial charge in [0.25, 0.3) is 5.91 Å². The second-order valence-corrected chi connectivity index (χ2v) is 4.64. The number of ether oxygens (including phenoxy) is 2. The molecule has 1 aromatic rings. The van der Waals surface area contributed by atoms with Crippen LogP contribution in [0.25, 0.3) is 0 Å². The van der Waals surface area contributed by atoms with Crippen molar-refractivity contribution in [2.75, 3.05) is 26.4 Å². The number of rotatable bonds is 1. The highest BCUT2D eigenvalue weighted by Gasteiger charge is 2.28. The molecule has 1 saturated heterocycles. The molecular formula is C14H14N2O3. The van der Waals surface area contributed by atoms with Gasteiger partial charge >= 0.3 is 0 Å². The van der Waals surface area contributed by atoms with Crippen LogP contribution in [0.4, 0.5) is 0 Å². The molecule has 0 bridgehead atoms. The van der Waals surface area contributed by atoms with Gasteiger partial charge in [-0.25, -0.2) is 0 Å². The van der Waals surface area contributed by atoms with E-state index < -0.39 is 6.04 Å². The van der Waals surface area contributed by atoms with Crippen LogP contribution in [-0.4, -0.2) is 43.2 Å². The molecule has 2 aliphatic rings. The van der Waals surface area contributed by atoms with E-state index in [4.69, 9.17) is 14.7 Å². The summed E-state index contributed by atoms with van der Waals surface area (Å²) < 4.78 is 10.7. The minimum absolute atomic E-state index is 0.107. The minimum Gasteiger partial charge on any atom is -0.493 e. The highest BCUT2D eigenvalue weighted by atomic mass is 16.5. The van der Waals surface area contributed by atoms with Crippen molar-refractivity contribution in [3.63, 3.8) is 0 Å². The summed E-state index contributed by atoms with van der Waals surface area (Å²) in [7, 11) is 0. The number of amides is 1. The molecule has 1 fully saturated rings. The summed E-state index contributed by atoms with van der Waals surface area (Å²) in [6.45, 7) is 1.91. The molecule has 0 aliphatic carbocycles. The number of hydrogen-bond donors (Lipinski definition) is 0. The number of morpholine rings is 1. The Kier molecular flexibility index (Phi) is 3.10. The van der Waals surface area contributed by atoms with Crippen LogP contribution in [0, 0.1) is 11.3 Å². The van der Waals surface area contributed by atoms with Gasteiger partial charge in [0.2, 0.25) is 0 Å². The molecule has 0 aromatic heterocycles. The lowest BCUT2D eigenvalue weighted by Gasteiger charge is -2.31. The van der Waals surface area contributed by atoms with Gasteiger partial charge < -0.3 is 14.4 Å². The van der Waals surface area contributed by atoms with Gasteiger partial charge in [-0.05, 0) is 23.8 Å². The molecule has 1 amide bonds. The summed E-state index contributed by atoms with van der Waals surface area (Å²) in [6, 6.07) is 7.08. The van der Waals surface area contributed by atoms with Crippen LogP contribution in [0.2, 0.25) is 0 Å². The predicted octanol–water partition coefficient (Wildman–Crippen LogP) is 0.986. The molecule has 0 spiro atoms. The van der Waals surface area contributed by atoms with E-state index in [0.29, 0.717) is 25.3 Å². The summed E-state index contributed by atoms with van der Waals surface area (Å²) in [5, 5.41) is 9.07. The Labute approximate surface area is 111 Å². The molecule has 19 heavy (non-hydrogen) atoms. The fourth-order valence-electron chi connectivity index (χ4n) is 2.44. The van der Waals surface area contributed by atoms with Gasteiger partial charge in [0.15, 0.2) is 0 Å². The van der Waals surface area contributed by atoms with E-state index in [-0.39, 0.29) is 12.5 Å². The van der Waals surface area contributed by atoms with Gasteiger partial charge in [-0.3, -0.25) is 4.79 Å². The van der Waals surface area contributed by atoms with Crippen LogP contribution in [-0.2, 0) is 11.2 Å². The van der Waals surface area contributed by atoms with Crippen LogP contribution < -0.4 is 4.74 Å². The highest BCUT2D eigenvalue weighted by Crippen LogP contribution is 2.26. The molecule has 0 radical (unpaired) electrons. The third-order valence-electron chi connectivity index (χ3n) is 3.47. The summed E-state index contributed by atoms with van der Waals surface area (Å²) in [5.41, 5.74) is 1.68. The van der Waals surface area contributed by atoms with Gasteiger partial charge in [0.1, 0.15) is 11.8 Å². The van der Waals surface area contributed by atoms with Crippen molar-refractivity contribution in [2.24, 2.45) is 0 Å². The Morgan fingerprint density at radius 2 is 2.32 bits per heavy atom. The van der Waals surface area contributed by atoms with Gasteiger partial charge in [-0.15, -0.1) is 0 Å². The number of nitrogens with zero attached hydrogens (tertiary/aromatic N) is 2. The molecule has 2 heterocycles. The lowest BCUT2D eigenvalue weighted by molar-refractivity contribution is 0.0132. The van der Waals surface area contributed by atoms with Gasteiger partial charge in [0, 0.05) is 18.5 Å². The zero-order valence-corrected chi connectivity index (χ0v) is 10.5. The zero-order valence-electron chi connectivity index (χ0n) is 10.5. The fourth-order valence-corrected chi connectivity index (χ4v) is 2.44. The van der Waals surface area contributed by atoms with E-state index in [1.807, 2.05) is 12.1 Å². The first-order valence-corrected chi connectivity index (χ1v) is 6.33. The van der Waals surface area contributed by atoms with Crippen LogP contribution >= 0.6 is 0 Å². The second-order valence-electron chi connectivity index (χ2n) is 4.64.